The van der Waals surface area contributed by atoms with E-state index in [9.17, 15) is 18.0 Å². The highest BCUT2D eigenvalue weighted by Crippen LogP contribution is 2.17. The molecule has 0 aromatic heterocycles. The number of para-hydroxylation sites is 1. The Labute approximate surface area is 187 Å². The van der Waals surface area contributed by atoms with Gasteiger partial charge >= 0.3 is 0 Å². The zero-order chi connectivity index (χ0) is 23.1. The average Bonchev–Trinajstić information content (AvgIpc) is 2.79. The summed E-state index contributed by atoms with van der Waals surface area (Å²) in [5, 5.41) is 5.43. The summed E-state index contributed by atoms with van der Waals surface area (Å²) in [5.74, 6) is -0.743. The molecule has 7 nitrogen and oxygen atoms in total. The van der Waals surface area contributed by atoms with Crippen LogP contribution in [0.25, 0.3) is 0 Å². The van der Waals surface area contributed by atoms with Gasteiger partial charge < -0.3 is 10.6 Å². The van der Waals surface area contributed by atoms with Crippen LogP contribution in [-0.4, -0.2) is 33.3 Å². The van der Waals surface area contributed by atoms with E-state index in [0.717, 1.165) is 5.56 Å². The number of benzene rings is 3. The number of carbonyl (C=O) groups excluding carboxylic acids is 2. The summed E-state index contributed by atoms with van der Waals surface area (Å²) in [5.41, 5.74) is 2.63. The van der Waals surface area contributed by atoms with Crippen molar-refractivity contribution in [1.29, 1.82) is 0 Å². The lowest BCUT2D eigenvalue weighted by Gasteiger charge is -2.13. The number of hydrogen-bond donors (Lipinski definition) is 3. The van der Waals surface area contributed by atoms with Gasteiger partial charge in [0.2, 0.25) is 10.0 Å². The fourth-order valence-electron chi connectivity index (χ4n) is 3.11. The predicted octanol–water partition coefficient (Wildman–Crippen LogP) is 3.26. The zero-order valence-electron chi connectivity index (χ0n) is 17.9. The molecule has 0 bridgehead atoms. The van der Waals surface area contributed by atoms with Crippen molar-refractivity contribution in [3.05, 3.63) is 95.1 Å². The number of sulfonamides is 1. The summed E-state index contributed by atoms with van der Waals surface area (Å²) >= 11 is 0. The van der Waals surface area contributed by atoms with Crippen molar-refractivity contribution >= 4 is 27.5 Å². The van der Waals surface area contributed by atoms with Gasteiger partial charge in [-0.1, -0.05) is 42.5 Å². The van der Waals surface area contributed by atoms with E-state index < -0.39 is 15.9 Å². The molecular weight excluding hydrogens is 426 g/mol. The number of nitrogens with one attached hydrogen (secondary N) is 3. The minimum absolute atomic E-state index is 0.0278. The molecule has 3 rings (SSSR count). The van der Waals surface area contributed by atoms with Gasteiger partial charge in [0, 0.05) is 18.7 Å². The van der Waals surface area contributed by atoms with Crippen LogP contribution in [-0.2, 0) is 10.0 Å². The molecule has 3 N–H and O–H groups in total. The lowest BCUT2D eigenvalue weighted by atomic mass is 10.1. The molecule has 0 aliphatic heterocycles. The normalized spacial score (nSPS) is 11.1. The van der Waals surface area contributed by atoms with Crippen molar-refractivity contribution in [2.75, 3.05) is 18.4 Å². The van der Waals surface area contributed by atoms with Crippen LogP contribution in [0.5, 0.6) is 0 Å². The number of anilines is 1. The van der Waals surface area contributed by atoms with Crippen LogP contribution in [0.15, 0.2) is 77.7 Å². The molecule has 3 aromatic rings. The fourth-order valence-corrected chi connectivity index (χ4v) is 4.46. The molecule has 0 saturated heterocycles. The Morgan fingerprint density at radius 3 is 2.25 bits per heavy atom. The Hall–Kier alpha value is -3.49. The maximum absolute atomic E-state index is 12.6. The van der Waals surface area contributed by atoms with E-state index in [1.54, 1.807) is 67.6 Å². The third-order valence-electron chi connectivity index (χ3n) is 4.79. The van der Waals surface area contributed by atoms with E-state index in [1.807, 2.05) is 19.1 Å². The highest BCUT2D eigenvalue weighted by molar-refractivity contribution is 7.89. The lowest BCUT2D eigenvalue weighted by molar-refractivity contribution is 0.0955. The smallest absolute Gasteiger partial charge is 0.255 e. The second-order valence-corrected chi connectivity index (χ2v) is 9.02. The fraction of sp³-hybridized carbons (Fsp3) is 0.167. The monoisotopic (exact) mass is 451 g/mol. The summed E-state index contributed by atoms with van der Waals surface area (Å²) in [6, 6.07) is 20.5. The molecule has 2 amide bonds. The molecule has 3 aromatic carbocycles. The Morgan fingerprint density at radius 1 is 0.812 bits per heavy atom. The minimum Gasteiger partial charge on any atom is -0.351 e. The molecule has 0 fully saturated rings. The maximum atomic E-state index is 12.6. The second kappa shape index (κ2) is 10.2. The molecule has 0 saturated carbocycles. The molecule has 0 spiro atoms. The first kappa shape index (κ1) is 23.2. The first-order chi connectivity index (χ1) is 15.3. The maximum Gasteiger partial charge on any atom is 0.255 e. The Morgan fingerprint density at radius 2 is 1.50 bits per heavy atom. The Kier molecular flexibility index (Phi) is 7.40. The van der Waals surface area contributed by atoms with Gasteiger partial charge in [-0.05, 0) is 55.3 Å². The van der Waals surface area contributed by atoms with Crippen molar-refractivity contribution in [3.63, 3.8) is 0 Å². The van der Waals surface area contributed by atoms with Crippen molar-refractivity contribution in [1.82, 2.24) is 10.0 Å². The van der Waals surface area contributed by atoms with Crippen molar-refractivity contribution in [2.45, 2.75) is 18.7 Å². The van der Waals surface area contributed by atoms with Gasteiger partial charge in [-0.15, -0.1) is 0 Å². The van der Waals surface area contributed by atoms with Gasteiger partial charge in [-0.2, -0.15) is 0 Å². The molecule has 32 heavy (non-hydrogen) atoms. The molecule has 8 heteroatoms. The SMILES string of the molecule is Cc1ccc(C)c(S(=O)(=O)NCCNC(=O)c2ccccc2NC(=O)c2ccccc2)c1. The predicted molar refractivity (Wildman–Crippen MR) is 124 cm³/mol. The number of amides is 2. The highest BCUT2D eigenvalue weighted by Gasteiger charge is 2.17. The molecular formula is C24H25N3O4S. The molecule has 0 aliphatic carbocycles. The van der Waals surface area contributed by atoms with Crippen LogP contribution < -0.4 is 15.4 Å². The molecule has 0 heterocycles. The van der Waals surface area contributed by atoms with Crippen molar-refractivity contribution in [2.24, 2.45) is 0 Å². The first-order valence-electron chi connectivity index (χ1n) is 10.1. The van der Waals surface area contributed by atoms with Crippen LogP contribution in [0.4, 0.5) is 5.69 Å². The third-order valence-corrected chi connectivity index (χ3v) is 6.39. The van der Waals surface area contributed by atoms with Crippen LogP contribution in [0.1, 0.15) is 31.8 Å². The van der Waals surface area contributed by atoms with E-state index in [1.165, 1.54) is 0 Å². The van der Waals surface area contributed by atoms with Gasteiger partial charge in [0.1, 0.15) is 0 Å². The van der Waals surface area contributed by atoms with E-state index in [4.69, 9.17) is 0 Å². The Balaban J connectivity index is 1.60. The van der Waals surface area contributed by atoms with Gasteiger partial charge in [0.15, 0.2) is 0 Å². The number of hydrogen-bond acceptors (Lipinski definition) is 4. The molecule has 0 radical (unpaired) electrons. The molecule has 0 aliphatic rings. The number of rotatable bonds is 8. The average molecular weight is 452 g/mol. The van der Waals surface area contributed by atoms with E-state index >= 15 is 0 Å². The van der Waals surface area contributed by atoms with Crippen LogP contribution in [0, 0.1) is 13.8 Å². The first-order valence-corrected chi connectivity index (χ1v) is 11.6. The van der Waals surface area contributed by atoms with Crippen LogP contribution >= 0.6 is 0 Å². The summed E-state index contributed by atoms with van der Waals surface area (Å²) in [4.78, 5) is 25.3. The van der Waals surface area contributed by atoms with E-state index in [-0.39, 0.29) is 29.5 Å². The van der Waals surface area contributed by atoms with E-state index in [0.29, 0.717) is 16.8 Å². The summed E-state index contributed by atoms with van der Waals surface area (Å²) in [6.45, 7) is 3.67. The second-order valence-electron chi connectivity index (χ2n) is 7.29. The summed E-state index contributed by atoms with van der Waals surface area (Å²) in [6.07, 6.45) is 0. The highest BCUT2D eigenvalue weighted by atomic mass is 32.2. The summed E-state index contributed by atoms with van der Waals surface area (Å²) < 4.78 is 27.6. The van der Waals surface area contributed by atoms with Gasteiger partial charge in [0.05, 0.1) is 16.1 Å². The molecule has 0 unspecified atom stereocenters. The quantitative estimate of drug-likeness (QED) is 0.457. The number of aryl methyl sites for hydroxylation is 2. The standard InChI is InChI=1S/C24H25N3O4S/c1-17-12-13-18(2)22(16-17)32(30,31)26-15-14-25-24(29)20-10-6-7-11-21(20)27-23(28)19-8-4-3-5-9-19/h3-13,16,26H,14-15H2,1-2H3,(H,25,29)(H,27,28). The molecule has 0 atom stereocenters. The molecule has 166 valence electrons. The Bertz CT molecular complexity index is 1230. The lowest BCUT2D eigenvalue weighted by Crippen LogP contribution is -2.35. The van der Waals surface area contributed by atoms with Gasteiger partial charge in [0.25, 0.3) is 11.8 Å². The topological polar surface area (TPSA) is 104 Å². The van der Waals surface area contributed by atoms with E-state index in [2.05, 4.69) is 15.4 Å². The van der Waals surface area contributed by atoms with Crippen LogP contribution in [0.2, 0.25) is 0 Å². The number of carbonyl (C=O) groups is 2. The van der Waals surface area contributed by atoms with Gasteiger partial charge in [-0.25, -0.2) is 13.1 Å². The summed E-state index contributed by atoms with van der Waals surface area (Å²) in [7, 11) is -3.69. The largest absolute Gasteiger partial charge is 0.351 e. The van der Waals surface area contributed by atoms with Crippen LogP contribution in [0.3, 0.4) is 0 Å². The zero-order valence-corrected chi connectivity index (χ0v) is 18.7. The van der Waals surface area contributed by atoms with Crippen molar-refractivity contribution in [3.8, 4) is 0 Å². The van der Waals surface area contributed by atoms with Gasteiger partial charge in [-0.3, -0.25) is 9.59 Å². The minimum atomic E-state index is -3.69. The third kappa shape index (κ3) is 5.81. The van der Waals surface area contributed by atoms with Crippen molar-refractivity contribution < 1.29 is 18.0 Å².